The highest BCUT2D eigenvalue weighted by molar-refractivity contribution is 5.77. The molecule has 2 N–H and O–H groups in total. The summed E-state index contributed by atoms with van der Waals surface area (Å²) in [5.74, 6) is 0.609. The lowest BCUT2D eigenvalue weighted by molar-refractivity contribution is 0.118. The molecule has 3 aromatic heterocycles. The fourth-order valence-corrected chi connectivity index (χ4v) is 4.26. The van der Waals surface area contributed by atoms with Crippen molar-refractivity contribution in [2.45, 2.75) is 52.1 Å². The summed E-state index contributed by atoms with van der Waals surface area (Å²) in [6, 6.07) is 11.4. The Kier molecular flexibility index (Phi) is 5.84. The Labute approximate surface area is 201 Å². The molecular formula is C25H27F2N7O. The van der Waals surface area contributed by atoms with E-state index < -0.39 is 18.5 Å². The average Bonchev–Trinajstić information content (AvgIpc) is 3.09. The maximum absolute atomic E-state index is 13.5. The minimum absolute atomic E-state index is 0.149. The van der Waals surface area contributed by atoms with Crippen LogP contribution in [0, 0.1) is 0 Å². The van der Waals surface area contributed by atoms with Crippen molar-refractivity contribution in [2.75, 3.05) is 11.9 Å². The van der Waals surface area contributed by atoms with Crippen LogP contribution in [0.4, 0.5) is 20.4 Å². The van der Waals surface area contributed by atoms with Gasteiger partial charge in [-0.25, -0.2) is 28.1 Å². The van der Waals surface area contributed by atoms with E-state index in [1.807, 2.05) is 32.9 Å². The summed E-state index contributed by atoms with van der Waals surface area (Å²) in [7, 11) is 0. The summed E-state index contributed by atoms with van der Waals surface area (Å²) in [6.07, 6.45) is -0.421. The van der Waals surface area contributed by atoms with E-state index in [0.29, 0.717) is 5.82 Å². The van der Waals surface area contributed by atoms with E-state index in [1.54, 1.807) is 12.1 Å². The van der Waals surface area contributed by atoms with Crippen molar-refractivity contribution < 1.29 is 8.78 Å². The Bertz CT molecular complexity index is 1450. The third kappa shape index (κ3) is 4.53. The fourth-order valence-electron chi connectivity index (χ4n) is 4.26. The molecule has 0 aliphatic carbocycles. The van der Waals surface area contributed by atoms with Gasteiger partial charge in [-0.05, 0) is 48.4 Å². The van der Waals surface area contributed by atoms with Crippen molar-refractivity contribution in [3.63, 3.8) is 0 Å². The molecule has 4 heterocycles. The second kappa shape index (κ2) is 8.84. The number of anilines is 2. The molecule has 1 aliphatic rings. The van der Waals surface area contributed by atoms with Gasteiger partial charge in [-0.15, -0.1) is 0 Å². The number of fused-ring (bicyclic) bond motifs is 2. The first kappa shape index (κ1) is 23.1. The molecule has 4 aromatic rings. The van der Waals surface area contributed by atoms with Crippen LogP contribution in [0.3, 0.4) is 0 Å². The zero-order valence-electron chi connectivity index (χ0n) is 19.8. The summed E-state index contributed by atoms with van der Waals surface area (Å²) in [4.78, 5) is 26.6. The number of pyridine rings is 1. The molecule has 1 aliphatic heterocycles. The van der Waals surface area contributed by atoms with Gasteiger partial charge in [0, 0.05) is 29.5 Å². The molecule has 0 spiro atoms. The minimum Gasteiger partial charge on any atom is -0.324 e. The number of hydrogen-bond donors (Lipinski definition) is 2. The molecule has 0 unspecified atom stereocenters. The van der Waals surface area contributed by atoms with E-state index in [1.165, 1.54) is 22.0 Å². The van der Waals surface area contributed by atoms with Gasteiger partial charge in [0.05, 0.1) is 0 Å². The molecule has 0 radical (unpaired) electrons. The molecule has 10 heteroatoms. The van der Waals surface area contributed by atoms with Crippen LogP contribution in [-0.2, 0) is 24.9 Å². The number of benzene rings is 1. The molecule has 0 fully saturated rings. The number of alkyl halides is 2. The monoisotopic (exact) mass is 479 g/mol. The van der Waals surface area contributed by atoms with Crippen molar-refractivity contribution in [1.82, 2.24) is 29.6 Å². The molecule has 0 saturated heterocycles. The van der Waals surface area contributed by atoms with Gasteiger partial charge < -0.3 is 10.6 Å². The summed E-state index contributed by atoms with van der Waals surface area (Å²) < 4.78 is 29.2. The molecule has 182 valence electrons. The van der Waals surface area contributed by atoms with Crippen LogP contribution >= 0.6 is 0 Å². The van der Waals surface area contributed by atoms with Gasteiger partial charge in [-0.1, -0.05) is 32.9 Å². The summed E-state index contributed by atoms with van der Waals surface area (Å²) in [5, 5.41) is 6.69. The number of halogens is 2. The van der Waals surface area contributed by atoms with Crippen LogP contribution in [0.15, 0.2) is 47.4 Å². The first-order valence-corrected chi connectivity index (χ1v) is 11.5. The largest absolute Gasteiger partial charge is 0.324 e. The van der Waals surface area contributed by atoms with Crippen molar-refractivity contribution in [1.29, 1.82) is 0 Å². The number of hydrogen-bond acceptors (Lipinski definition) is 6. The van der Waals surface area contributed by atoms with E-state index in [-0.39, 0.29) is 22.4 Å². The van der Waals surface area contributed by atoms with Crippen LogP contribution in [0.1, 0.15) is 37.6 Å². The Morgan fingerprint density at radius 2 is 1.97 bits per heavy atom. The molecule has 8 nitrogen and oxygen atoms in total. The quantitative estimate of drug-likeness (QED) is 0.451. The van der Waals surface area contributed by atoms with E-state index in [4.69, 9.17) is 0 Å². The highest BCUT2D eigenvalue weighted by atomic mass is 19.3. The van der Waals surface area contributed by atoms with Gasteiger partial charge in [-0.2, -0.15) is 4.98 Å². The maximum atomic E-state index is 13.5. The number of nitrogens with one attached hydrogen (secondary N) is 2. The fraction of sp³-hybridized carbons (Fsp3) is 0.360. The van der Waals surface area contributed by atoms with E-state index in [9.17, 15) is 13.6 Å². The number of aromatic nitrogens is 5. The first-order valence-electron chi connectivity index (χ1n) is 11.5. The van der Waals surface area contributed by atoms with E-state index in [0.717, 1.165) is 35.6 Å². The zero-order chi connectivity index (χ0) is 24.7. The topological polar surface area (TPSA) is 89.7 Å². The van der Waals surface area contributed by atoms with Crippen LogP contribution < -0.4 is 16.2 Å². The summed E-state index contributed by atoms with van der Waals surface area (Å²) in [5.41, 5.74) is 3.45. The second-order valence-corrected chi connectivity index (χ2v) is 9.69. The predicted molar refractivity (Wildman–Crippen MR) is 131 cm³/mol. The van der Waals surface area contributed by atoms with E-state index >= 15 is 0 Å². The molecule has 0 amide bonds. The Morgan fingerprint density at radius 1 is 1.14 bits per heavy atom. The van der Waals surface area contributed by atoms with Crippen molar-refractivity contribution in [2.24, 2.45) is 0 Å². The normalized spacial score (nSPS) is 13.9. The summed E-state index contributed by atoms with van der Waals surface area (Å²) >= 11 is 0. The lowest BCUT2D eigenvalue weighted by Crippen LogP contribution is -2.26. The third-order valence-electron chi connectivity index (χ3n) is 6.06. The molecule has 5 rings (SSSR count). The van der Waals surface area contributed by atoms with Crippen molar-refractivity contribution >= 4 is 22.7 Å². The second-order valence-electron chi connectivity index (χ2n) is 9.69. The highest BCUT2D eigenvalue weighted by Gasteiger charge is 2.23. The van der Waals surface area contributed by atoms with Crippen LogP contribution in [0.25, 0.3) is 16.9 Å². The average molecular weight is 480 g/mol. The highest BCUT2D eigenvalue weighted by Crippen LogP contribution is 2.24. The molecule has 0 saturated carbocycles. The molecular weight excluding hydrogens is 452 g/mol. The van der Waals surface area contributed by atoms with Crippen LogP contribution in [-0.4, -0.2) is 37.3 Å². The van der Waals surface area contributed by atoms with Gasteiger partial charge in [0.1, 0.15) is 11.9 Å². The Morgan fingerprint density at radius 3 is 2.74 bits per heavy atom. The van der Waals surface area contributed by atoms with Crippen LogP contribution in [0.5, 0.6) is 0 Å². The van der Waals surface area contributed by atoms with Crippen molar-refractivity contribution in [3.05, 3.63) is 69.8 Å². The Hall–Kier alpha value is -3.66. The molecule has 35 heavy (non-hydrogen) atoms. The van der Waals surface area contributed by atoms with Crippen molar-refractivity contribution in [3.8, 4) is 5.82 Å². The number of rotatable bonds is 5. The summed E-state index contributed by atoms with van der Waals surface area (Å²) in [6.45, 7) is 7.01. The van der Waals surface area contributed by atoms with Gasteiger partial charge >= 0.3 is 0 Å². The van der Waals surface area contributed by atoms with Gasteiger partial charge in [0.25, 0.3) is 12.0 Å². The van der Waals surface area contributed by atoms with Gasteiger partial charge in [-0.3, -0.25) is 4.79 Å². The van der Waals surface area contributed by atoms with E-state index in [2.05, 4.69) is 37.7 Å². The number of nitrogens with zero attached hydrogens (tertiary/aromatic N) is 5. The predicted octanol–water partition coefficient (Wildman–Crippen LogP) is 3.93. The Balaban J connectivity index is 1.62. The SMILES string of the molecule is CC(C)(C)c1cccc(-n2c3nc(Nc4ccc5c(c4)CCNC5)ncc3c(=O)n2CC(F)F)n1. The lowest BCUT2D eigenvalue weighted by Gasteiger charge is -2.19. The maximum Gasteiger partial charge on any atom is 0.278 e. The van der Waals surface area contributed by atoms with Gasteiger partial charge in [0.15, 0.2) is 11.5 Å². The minimum atomic E-state index is -2.72. The smallest absolute Gasteiger partial charge is 0.278 e. The first-order chi connectivity index (χ1) is 16.7. The molecule has 0 atom stereocenters. The standard InChI is InChI=1S/C25H27F2N7O/c1-25(2,3)19-5-4-6-21(31-19)34-22-18(23(35)33(34)14-20(26)27)13-29-24(32-22)30-17-8-7-16-12-28-10-9-15(16)11-17/h4-8,11,13,20,28H,9-10,12,14H2,1-3H3,(H,29,30,32). The zero-order valence-corrected chi connectivity index (χ0v) is 19.8. The molecule has 1 aromatic carbocycles. The lowest BCUT2D eigenvalue weighted by atomic mass is 9.92. The van der Waals surface area contributed by atoms with Crippen LogP contribution in [0.2, 0.25) is 0 Å². The molecule has 0 bridgehead atoms. The third-order valence-corrected chi connectivity index (χ3v) is 6.06. The van der Waals surface area contributed by atoms with Gasteiger partial charge in [0.2, 0.25) is 5.95 Å².